The van der Waals surface area contributed by atoms with Gasteiger partial charge in [-0.2, -0.15) is 0 Å². The van der Waals surface area contributed by atoms with Crippen molar-refractivity contribution in [1.82, 2.24) is 9.38 Å². The molecule has 0 aliphatic heterocycles. The summed E-state index contributed by atoms with van der Waals surface area (Å²) >= 11 is 1.74. The average molecular weight is 254 g/mol. The maximum Gasteiger partial charge on any atom is 0.137 e. The van der Waals surface area contributed by atoms with Crippen molar-refractivity contribution < 1.29 is 0 Å². The summed E-state index contributed by atoms with van der Waals surface area (Å²) in [5.74, 6) is 0. The van der Waals surface area contributed by atoms with Crippen LogP contribution in [0.5, 0.6) is 0 Å². The van der Waals surface area contributed by atoms with Crippen LogP contribution in [-0.4, -0.2) is 15.6 Å². The molecule has 2 aromatic heterocycles. The topological polar surface area (TPSA) is 17.3 Å². The average Bonchev–Trinajstić information content (AvgIpc) is 2.82. The van der Waals surface area contributed by atoms with Crippen LogP contribution >= 0.6 is 11.8 Å². The molecule has 0 saturated carbocycles. The van der Waals surface area contributed by atoms with Gasteiger partial charge >= 0.3 is 0 Å². The van der Waals surface area contributed by atoms with Crippen LogP contribution in [0.25, 0.3) is 16.9 Å². The fourth-order valence-corrected chi connectivity index (χ4v) is 2.38. The lowest BCUT2D eigenvalue weighted by Crippen LogP contribution is -1.82. The SMILES string of the molecule is CSc1ccc2nc(-c3ccc(C)cc3)cn2c1. The molecule has 3 heteroatoms. The predicted molar refractivity (Wildman–Crippen MR) is 77.1 cm³/mol. The molecule has 3 aromatic rings. The Morgan fingerprint density at radius 1 is 1.00 bits per heavy atom. The number of thioether (sulfide) groups is 1. The van der Waals surface area contributed by atoms with Crippen molar-refractivity contribution >= 4 is 17.4 Å². The number of fused-ring (bicyclic) bond motifs is 1. The van der Waals surface area contributed by atoms with E-state index in [0.717, 1.165) is 16.9 Å². The largest absolute Gasteiger partial charge is 0.305 e. The van der Waals surface area contributed by atoms with Gasteiger partial charge in [-0.25, -0.2) is 4.98 Å². The molecule has 0 unspecified atom stereocenters. The van der Waals surface area contributed by atoms with Crippen LogP contribution in [0.15, 0.2) is 53.7 Å². The van der Waals surface area contributed by atoms with Gasteiger partial charge in [0, 0.05) is 22.9 Å². The monoisotopic (exact) mass is 254 g/mol. The Hall–Kier alpha value is -1.74. The predicted octanol–water partition coefficient (Wildman–Crippen LogP) is 4.03. The molecule has 0 atom stereocenters. The molecule has 0 aliphatic rings. The van der Waals surface area contributed by atoms with Crippen LogP contribution in [0.3, 0.4) is 0 Å². The standard InChI is InChI=1S/C15H14N2S/c1-11-3-5-12(6-4-11)14-10-17-9-13(18-2)7-8-15(17)16-14/h3-10H,1-2H3. The Labute approximate surface area is 111 Å². The molecule has 0 saturated heterocycles. The molecular formula is C15H14N2S. The fraction of sp³-hybridized carbons (Fsp3) is 0.133. The molecule has 0 radical (unpaired) electrons. The quantitative estimate of drug-likeness (QED) is 0.642. The molecule has 0 bridgehead atoms. The van der Waals surface area contributed by atoms with Crippen LogP contribution in [0, 0.1) is 6.92 Å². The molecular weight excluding hydrogens is 240 g/mol. The van der Waals surface area contributed by atoms with Gasteiger partial charge in [0.25, 0.3) is 0 Å². The summed E-state index contributed by atoms with van der Waals surface area (Å²) in [6, 6.07) is 12.6. The molecule has 2 heterocycles. The summed E-state index contributed by atoms with van der Waals surface area (Å²) in [7, 11) is 0. The highest BCUT2D eigenvalue weighted by molar-refractivity contribution is 7.98. The molecule has 90 valence electrons. The minimum Gasteiger partial charge on any atom is -0.305 e. The van der Waals surface area contributed by atoms with Gasteiger partial charge in [0.1, 0.15) is 5.65 Å². The van der Waals surface area contributed by atoms with Gasteiger partial charge in [-0.05, 0) is 25.3 Å². The zero-order valence-electron chi connectivity index (χ0n) is 10.4. The molecule has 0 amide bonds. The lowest BCUT2D eigenvalue weighted by Gasteiger charge is -1.96. The van der Waals surface area contributed by atoms with Crippen LogP contribution in [0.2, 0.25) is 0 Å². The Balaban J connectivity index is 2.10. The number of hydrogen-bond acceptors (Lipinski definition) is 2. The number of hydrogen-bond donors (Lipinski definition) is 0. The van der Waals surface area contributed by atoms with Gasteiger partial charge in [0.15, 0.2) is 0 Å². The first kappa shape index (κ1) is 11.4. The minimum absolute atomic E-state index is 0.989. The van der Waals surface area contributed by atoms with Gasteiger partial charge in [0.05, 0.1) is 5.69 Å². The van der Waals surface area contributed by atoms with Crippen molar-refractivity contribution in [2.24, 2.45) is 0 Å². The normalized spacial score (nSPS) is 11.0. The van der Waals surface area contributed by atoms with E-state index in [1.165, 1.54) is 10.5 Å². The number of imidazole rings is 1. The lowest BCUT2D eigenvalue weighted by atomic mass is 10.1. The fourth-order valence-electron chi connectivity index (χ4n) is 1.96. The maximum absolute atomic E-state index is 4.64. The van der Waals surface area contributed by atoms with E-state index in [1.54, 1.807) is 11.8 Å². The number of aryl methyl sites for hydroxylation is 1. The number of nitrogens with zero attached hydrogens (tertiary/aromatic N) is 2. The second kappa shape index (κ2) is 4.50. The highest BCUT2D eigenvalue weighted by Crippen LogP contribution is 2.21. The summed E-state index contributed by atoms with van der Waals surface area (Å²) in [6.07, 6.45) is 6.28. The van der Waals surface area contributed by atoms with Crippen molar-refractivity contribution in [1.29, 1.82) is 0 Å². The van der Waals surface area contributed by atoms with Crippen LogP contribution in [0.4, 0.5) is 0 Å². The molecule has 1 aromatic carbocycles. The summed E-state index contributed by atoms with van der Waals surface area (Å²) in [5.41, 5.74) is 4.44. The summed E-state index contributed by atoms with van der Waals surface area (Å²) in [5, 5.41) is 0. The first-order valence-corrected chi connectivity index (χ1v) is 7.08. The van der Waals surface area contributed by atoms with Crippen molar-refractivity contribution in [3.8, 4) is 11.3 Å². The van der Waals surface area contributed by atoms with E-state index in [0.29, 0.717) is 0 Å². The molecule has 2 nitrogen and oxygen atoms in total. The van der Waals surface area contributed by atoms with Crippen LogP contribution in [0.1, 0.15) is 5.56 Å². The summed E-state index contributed by atoms with van der Waals surface area (Å²) in [6.45, 7) is 2.10. The number of benzene rings is 1. The smallest absolute Gasteiger partial charge is 0.137 e. The van der Waals surface area contributed by atoms with Crippen molar-refractivity contribution in [3.05, 3.63) is 54.4 Å². The van der Waals surface area contributed by atoms with Crippen molar-refractivity contribution in [3.63, 3.8) is 0 Å². The highest BCUT2D eigenvalue weighted by Gasteiger charge is 2.04. The third kappa shape index (κ3) is 2.02. The third-order valence-electron chi connectivity index (χ3n) is 3.01. The molecule has 0 fully saturated rings. The zero-order chi connectivity index (χ0) is 12.5. The minimum atomic E-state index is 0.989. The Morgan fingerprint density at radius 3 is 2.50 bits per heavy atom. The molecule has 0 spiro atoms. The highest BCUT2D eigenvalue weighted by atomic mass is 32.2. The first-order valence-electron chi connectivity index (χ1n) is 5.86. The van der Waals surface area contributed by atoms with Gasteiger partial charge < -0.3 is 4.40 Å². The van der Waals surface area contributed by atoms with E-state index < -0.39 is 0 Å². The van der Waals surface area contributed by atoms with E-state index in [4.69, 9.17) is 0 Å². The Morgan fingerprint density at radius 2 is 1.78 bits per heavy atom. The number of pyridine rings is 1. The van der Waals surface area contributed by atoms with Gasteiger partial charge in [-0.1, -0.05) is 29.8 Å². The third-order valence-corrected chi connectivity index (χ3v) is 3.72. The Kier molecular flexibility index (Phi) is 2.84. The van der Waals surface area contributed by atoms with Crippen molar-refractivity contribution in [2.45, 2.75) is 11.8 Å². The van der Waals surface area contributed by atoms with E-state index in [1.807, 2.05) is 0 Å². The van der Waals surface area contributed by atoms with Gasteiger partial charge in [-0.3, -0.25) is 0 Å². The summed E-state index contributed by atoms with van der Waals surface area (Å²) < 4.78 is 2.08. The molecule has 0 aliphatic carbocycles. The first-order chi connectivity index (χ1) is 8.76. The summed E-state index contributed by atoms with van der Waals surface area (Å²) in [4.78, 5) is 5.89. The second-order valence-corrected chi connectivity index (χ2v) is 5.21. The number of rotatable bonds is 2. The Bertz CT molecular complexity index is 683. The van der Waals surface area contributed by atoms with E-state index in [2.05, 4.69) is 71.4 Å². The van der Waals surface area contributed by atoms with E-state index in [9.17, 15) is 0 Å². The van der Waals surface area contributed by atoms with Gasteiger partial charge in [0.2, 0.25) is 0 Å². The van der Waals surface area contributed by atoms with Gasteiger partial charge in [-0.15, -0.1) is 11.8 Å². The molecule has 3 rings (SSSR count). The van der Waals surface area contributed by atoms with Crippen LogP contribution in [-0.2, 0) is 0 Å². The zero-order valence-corrected chi connectivity index (χ0v) is 11.2. The van der Waals surface area contributed by atoms with E-state index in [-0.39, 0.29) is 0 Å². The second-order valence-electron chi connectivity index (χ2n) is 4.33. The van der Waals surface area contributed by atoms with Crippen molar-refractivity contribution in [2.75, 3.05) is 6.26 Å². The molecule has 0 N–H and O–H groups in total. The molecule has 18 heavy (non-hydrogen) atoms. The maximum atomic E-state index is 4.64. The lowest BCUT2D eigenvalue weighted by molar-refractivity contribution is 1.13. The van der Waals surface area contributed by atoms with E-state index >= 15 is 0 Å². The number of aromatic nitrogens is 2. The van der Waals surface area contributed by atoms with Crippen LogP contribution < -0.4 is 0 Å².